The minimum Gasteiger partial charge on any atom is -0.369 e. The first-order valence-electron chi connectivity index (χ1n) is 11.8. The molecule has 0 saturated heterocycles. The lowest BCUT2D eigenvalue weighted by molar-refractivity contribution is 0.307. The summed E-state index contributed by atoms with van der Waals surface area (Å²) in [5.41, 5.74) is 5.87. The fraction of sp³-hybridized carbons (Fsp3) is 0.500. The van der Waals surface area contributed by atoms with E-state index in [0.29, 0.717) is 11.8 Å². The molecule has 0 amide bonds. The molecule has 166 valence electrons. The summed E-state index contributed by atoms with van der Waals surface area (Å²) in [5, 5.41) is 3.62. The molecule has 3 heteroatoms. The molecule has 0 bridgehead atoms. The Hall–Kier alpha value is -2.42. The highest BCUT2D eigenvalue weighted by Crippen LogP contribution is 2.35. The van der Waals surface area contributed by atoms with Crippen LogP contribution in [0.4, 0.5) is 5.69 Å². The summed E-state index contributed by atoms with van der Waals surface area (Å²) in [6.07, 6.45) is 2.22. The van der Waals surface area contributed by atoms with Gasteiger partial charge in [-0.25, -0.2) is 4.99 Å². The van der Waals surface area contributed by atoms with Crippen molar-refractivity contribution in [3.8, 4) is 0 Å². The first-order chi connectivity index (χ1) is 14.7. The smallest absolute Gasteiger partial charge is 0.148 e. The number of para-hydroxylation sites is 1. The van der Waals surface area contributed by atoms with Gasteiger partial charge in [0.15, 0.2) is 0 Å². The van der Waals surface area contributed by atoms with Crippen LogP contribution in [0, 0.1) is 5.41 Å². The van der Waals surface area contributed by atoms with Crippen molar-refractivity contribution in [1.82, 2.24) is 5.32 Å². The van der Waals surface area contributed by atoms with E-state index in [1.54, 1.807) is 0 Å². The molecule has 0 spiro atoms. The van der Waals surface area contributed by atoms with Gasteiger partial charge >= 0.3 is 0 Å². The van der Waals surface area contributed by atoms with E-state index in [4.69, 9.17) is 9.98 Å². The molecule has 0 radical (unpaired) electrons. The Kier molecular flexibility index (Phi) is 7.35. The van der Waals surface area contributed by atoms with Crippen LogP contribution in [0.3, 0.4) is 0 Å². The number of nitrogens with one attached hydrogen (secondary N) is 1. The van der Waals surface area contributed by atoms with E-state index in [-0.39, 0.29) is 11.5 Å². The molecule has 3 nitrogen and oxygen atoms in total. The average molecular weight is 418 g/mol. The third kappa shape index (κ3) is 5.64. The number of amidine groups is 1. The predicted octanol–water partition coefficient (Wildman–Crippen LogP) is 7.25. The summed E-state index contributed by atoms with van der Waals surface area (Å²) in [6.45, 7) is 16.8. The van der Waals surface area contributed by atoms with Crippen molar-refractivity contribution >= 4 is 17.2 Å². The molecular formula is C28H39N3. The van der Waals surface area contributed by atoms with Crippen molar-refractivity contribution in [2.75, 3.05) is 6.54 Å². The van der Waals surface area contributed by atoms with Gasteiger partial charge in [-0.2, -0.15) is 0 Å². The number of nitrogens with zero attached hydrogens (tertiary/aromatic N) is 2. The van der Waals surface area contributed by atoms with Gasteiger partial charge in [0.1, 0.15) is 11.5 Å². The van der Waals surface area contributed by atoms with E-state index in [1.807, 2.05) is 0 Å². The second-order valence-electron chi connectivity index (χ2n) is 10.3. The van der Waals surface area contributed by atoms with E-state index in [0.717, 1.165) is 42.2 Å². The maximum Gasteiger partial charge on any atom is 0.148 e. The molecule has 1 heterocycles. The van der Waals surface area contributed by atoms with Crippen molar-refractivity contribution in [2.45, 2.75) is 79.2 Å². The minimum absolute atomic E-state index is 0.123. The zero-order valence-electron chi connectivity index (χ0n) is 20.4. The molecule has 1 aliphatic rings. The fourth-order valence-electron chi connectivity index (χ4n) is 4.14. The molecule has 31 heavy (non-hydrogen) atoms. The standard InChI is InChI=1S/C28H39N3/c1-19(2)22-15-11-16-23(20(3)4)26(22)31-25(21-13-9-8-10-14-21)27-29-18-12-17-24(30-27)28(5,6)7/h8-11,13-16,19-20,24H,12,17-18H2,1-7H3,(H,29,30)/b31-25+/t24-/m1/s1. The highest BCUT2D eigenvalue weighted by atomic mass is 15.0. The van der Waals surface area contributed by atoms with Crippen molar-refractivity contribution in [2.24, 2.45) is 15.4 Å². The van der Waals surface area contributed by atoms with E-state index < -0.39 is 0 Å². The van der Waals surface area contributed by atoms with E-state index in [9.17, 15) is 0 Å². The molecule has 0 unspecified atom stereocenters. The van der Waals surface area contributed by atoms with Gasteiger partial charge in [-0.05, 0) is 41.2 Å². The summed E-state index contributed by atoms with van der Waals surface area (Å²) in [5.74, 6) is 1.73. The second kappa shape index (κ2) is 9.80. The molecule has 0 aromatic heterocycles. The van der Waals surface area contributed by atoms with Crippen LogP contribution in [-0.4, -0.2) is 24.1 Å². The maximum absolute atomic E-state index is 5.38. The van der Waals surface area contributed by atoms with Crippen molar-refractivity contribution < 1.29 is 0 Å². The number of aliphatic imine (C=N–C) groups is 2. The third-order valence-electron chi connectivity index (χ3n) is 6.07. The Morgan fingerprint density at radius 2 is 1.55 bits per heavy atom. The number of hydrogen-bond acceptors (Lipinski definition) is 3. The van der Waals surface area contributed by atoms with Crippen LogP contribution >= 0.6 is 0 Å². The normalized spacial score (nSPS) is 18.0. The van der Waals surface area contributed by atoms with Crippen LogP contribution in [0.25, 0.3) is 0 Å². The van der Waals surface area contributed by atoms with E-state index in [2.05, 4.69) is 102 Å². The molecule has 2 aromatic carbocycles. The van der Waals surface area contributed by atoms with Gasteiger partial charge in [0.2, 0.25) is 0 Å². The van der Waals surface area contributed by atoms with E-state index >= 15 is 0 Å². The Morgan fingerprint density at radius 1 is 0.935 bits per heavy atom. The molecular weight excluding hydrogens is 378 g/mol. The van der Waals surface area contributed by atoms with Crippen LogP contribution < -0.4 is 5.32 Å². The molecule has 0 aliphatic carbocycles. The van der Waals surface area contributed by atoms with Gasteiger partial charge in [0.05, 0.1) is 11.7 Å². The molecule has 1 aliphatic heterocycles. The first kappa shape index (κ1) is 23.2. The highest BCUT2D eigenvalue weighted by molar-refractivity contribution is 6.48. The number of rotatable bonds is 5. The van der Waals surface area contributed by atoms with Gasteiger partial charge < -0.3 is 5.32 Å². The summed E-state index contributed by atoms with van der Waals surface area (Å²) in [6, 6.07) is 17.4. The molecule has 3 rings (SSSR count). The Balaban J connectivity index is 2.25. The van der Waals surface area contributed by atoms with Crippen molar-refractivity contribution in [1.29, 1.82) is 0 Å². The van der Waals surface area contributed by atoms with Gasteiger partial charge in [-0.15, -0.1) is 0 Å². The van der Waals surface area contributed by atoms with Gasteiger partial charge in [0, 0.05) is 12.1 Å². The van der Waals surface area contributed by atoms with E-state index in [1.165, 1.54) is 11.1 Å². The summed E-state index contributed by atoms with van der Waals surface area (Å²) < 4.78 is 0. The summed E-state index contributed by atoms with van der Waals surface area (Å²) in [4.78, 5) is 10.6. The Labute approximate surface area is 189 Å². The highest BCUT2D eigenvalue weighted by Gasteiger charge is 2.27. The SMILES string of the molecule is CC(C)c1cccc(C(C)C)c1/N=C(/C1=N[C@@H](C(C)(C)C)CCCN1)c1ccccc1. The monoisotopic (exact) mass is 417 g/mol. The number of benzene rings is 2. The summed E-state index contributed by atoms with van der Waals surface area (Å²) in [7, 11) is 0. The average Bonchev–Trinajstić information content (AvgIpc) is 2.98. The van der Waals surface area contributed by atoms with Gasteiger partial charge in [-0.3, -0.25) is 4.99 Å². The lowest BCUT2D eigenvalue weighted by Gasteiger charge is -2.27. The van der Waals surface area contributed by atoms with Crippen molar-refractivity contribution in [3.63, 3.8) is 0 Å². The molecule has 1 N–H and O–H groups in total. The topological polar surface area (TPSA) is 36.8 Å². The summed E-state index contributed by atoms with van der Waals surface area (Å²) >= 11 is 0. The van der Waals surface area contributed by atoms with Crippen LogP contribution in [0.2, 0.25) is 0 Å². The van der Waals surface area contributed by atoms with Crippen molar-refractivity contribution in [3.05, 3.63) is 65.2 Å². The van der Waals surface area contributed by atoms with Crippen LogP contribution in [0.15, 0.2) is 58.5 Å². The maximum atomic E-state index is 5.38. The lowest BCUT2D eigenvalue weighted by atomic mass is 9.84. The molecule has 1 atom stereocenters. The molecule has 2 aromatic rings. The van der Waals surface area contributed by atoms with Crippen LogP contribution in [0.1, 0.15) is 89.8 Å². The zero-order valence-corrected chi connectivity index (χ0v) is 20.4. The fourth-order valence-corrected chi connectivity index (χ4v) is 4.14. The quantitative estimate of drug-likeness (QED) is 0.511. The number of hydrogen-bond donors (Lipinski definition) is 1. The largest absolute Gasteiger partial charge is 0.369 e. The van der Waals surface area contributed by atoms with Crippen LogP contribution in [-0.2, 0) is 0 Å². The second-order valence-corrected chi connectivity index (χ2v) is 10.3. The zero-order chi connectivity index (χ0) is 22.6. The Morgan fingerprint density at radius 3 is 2.10 bits per heavy atom. The molecule has 0 fully saturated rings. The first-order valence-corrected chi connectivity index (χ1v) is 11.8. The Bertz CT molecular complexity index is 904. The van der Waals surface area contributed by atoms with Gasteiger partial charge in [-0.1, -0.05) is 97.0 Å². The third-order valence-corrected chi connectivity index (χ3v) is 6.07. The minimum atomic E-state index is 0.123. The van der Waals surface area contributed by atoms with Crippen LogP contribution in [0.5, 0.6) is 0 Å². The lowest BCUT2D eigenvalue weighted by Crippen LogP contribution is -2.33. The molecule has 0 saturated carbocycles. The van der Waals surface area contributed by atoms with Gasteiger partial charge in [0.25, 0.3) is 0 Å². The predicted molar refractivity (Wildman–Crippen MR) is 135 cm³/mol.